The van der Waals surface area contributed by atoms with Crippen LogP contribution in [0.4, 0.5) is 0 Å². The largest absolute Gasteiger partial charge is 0.388 e. The molecule has 3 N–H and O–H groups in total. The van der Waals surface area contributed by atoms with E-state index in [1.54, 1.807) is 0 Å². The van der Waals surface area contributed by atoms with Gasteiger partial charge < -0.3 is 10.4 Å². The molecule has 0 spiro atoms. The van der Waals surface area contributed by atoms with Crippen molar-refractivity contribution in [3.8, 4) is 0 Å². The van der Waals surface area contributed by atoms with Crippen molar-refractivity contribution in [2.24, 2.45) is 10.5 Å². The Kier molecular flexibility index (Phi) is 4.13. The summed E-state index contributed by atoms with van der Waals surface area (Å²) in [5.74, 6) is -0.474. The standard InChI is InChI=1S/C14H23N3O3/c1-13(2)5-7-14(20,8-6-13)9-15-12(19)10-3-4-11(18)17-16-10/h20H,3-9H2,1-2H3,(H,15,19)(H,17,18). The summed E-state index contributed by atoms with van der Waals surface area (Å²) < 4.78 is 0. The molecule has 20 heavy (non-hydrogen) atoms. The van der Waals surface area contributed by atoms with E-state index in [0.29, 0.717) is 25.0 Å². The zero-order valence-electron chi connectivity index (χ0n) is 12.2. The Labute approximate surface area is 119 Å². The molecule has 0 bridgehead atoms. The number of nitrogens with one attached hydrogen (secondary N) is 2. The first-order valence-corrected chi connectivity index (χ1v) is 7.16. The van der Waals surface area contributed by atoms with E-state index in [0.717, 1.165) is 12.8 Å². The zero-order chi connectivity index (χ0) is 14.8. The van der Waals surface area contributed by atoms with E-state index in [9.17, 15) is 14.7 Å². The fourth-order valence-corrected chi connectivity index (χ4v) is 2.55. The summed E-state index contributed by atoms with van der Waals surface area (Å²) in [5.41, 5.74) is 2.08. The molecule has 1 aliphatic carbocycles. The van der Waals surface area contributed by atoms with E-state index in [2.05, 4.69) is 29.7 Å². The van der Waals surface area contributed by atoms with Crippen molar-refractivity contribution in [1.82, 2.24) is 10.7 Å². The molecule has 0 aromatic heterocycles. The molecule has 112 valence electrons. The van der Waals surface area contributed by atoms with Crippen LogP contribution in [0.3, 0.4) is 0 Å². The van der Waals surface area contributed by atoms with Crippen LogP contribution >= 0.6 is 0 Å². The predicted molar refractivity (Wildman–Crippen MR) is 75.0 cm³/mol. The van der Waals surface area contributed by atoms with Gasteiger partial charge >= 0.3 is 0 Å². The monoisotopic (exact) mass is 281 g/mol. The topological polar surface area (TPSA) is 90.8 Å². The van der Waals surface area contributed by atoms with Gasteiger partial charge in [0.15, 0.2) is 0 Å². The lowest BCUT2D eigenvalue weighted by atomic mass is 9.71. The lowest BCUT2D eigenvalue weighted by Crippen LogP contribution is -2.48. The summed E-state index contributed by atoms with van der Waals surface area (Å²) in [6.07, 6.45) is 3.94. The van der Waals surface area contributed by atoms with Gasteiger partial charge in [0.2, 0.25) is 5.91 Å². The number of aliphatic hydroxyl groups is 1. The Morgan fingerprint density at radius 1 is 1.30 bits per heavy atom. The number of hydrogen-bond acceptors (Lipinski definition) is 4. The van der Waals surface area contributed by atoms with E-state index in [1.807, 2.05) is 0 Å². The van der Waals surface area contributed by atoms with E-state index in [4.69, 9.17) is 0 Å². The smallest absolute Gasteiger partial charge is 0.267 e. The zero-order valence-corrected chi connectivity index (χ0v) is 12.2. The summed E-state index contributed by atoms with van der Waals surface area (Å²) in [6.45, 7) is 4.64. The Bertz CT molecular complexity index is 433. The van der Waals surface area contributed by atoms with Crippen molar-refractivity contribution in [1.29, 1.82) is 0 Å². The highest BCUT2D eigenvalue weighted by Gasteiger charge is 2.37. The molecule has 6 heteroatoms. The maximum Gasteiger partial charge on any atom is 0.267 e. The van der Waals surface area contributed by atoms with Gasteiger partial charge in [0.25, 0.3) is 5.91 Å². The van der Waals surface area contributed by atoms with Crippen LogP contribution in [0, 0.1) is 5.41 Å². The number of hydrazone groups is 1. The van der Waals surface area contributed by atoms with Gasteiger partial charge in [-0.25, -0.2) is 5.43 Å². The van der Waals surface area contributed by atoms with Gasteiger partial charge in [-0.15, -0.1) is 0 Å². The van der Waals surface area contributed by atoms with Gasteiger partial charge in [0, 0.05) is 19.4 Å². The highest BCUT2D eigenvalue weighted by molar-refractivity contribution is 6.39. The molecule has 0 atom stereocenters. The van der Waals surface area contributed by atoms with Crippen LogP contribution in [-0.2, 0) is 9.59 Å². The number of nitrogens with zero attached hydrogens (tertiary/aromatic N) is 1. The predicted octanol–water partition coefficient (Wildman–Crippen LogP) is 0.700. The molecule has 2 rings (SSSR count). The minimum Gasteiger partial charge on any atom is -0.388 e. The molecule has 0 aromatic rings. The first-order chi connectivity index (χ1) is 9.30. The molecule has 2 amide bonds. The van der Waals surface area contributed by atoms with Crippen LogP contribution < -0.4 is 10.7 Å². The van der Waals surface area contributed by atoms with E-state index in [-0.39, 0.29) is 30.2 Å². The summed E-state index contributed by atoms with van der Waals surface area (Å²) in [5, 5.41) is 16.9. The minimum atomic E-state index is -0.816. The van der Waals surface area contributed by atoms with Crippen LogP contribution in [0.25, 0.3) is 0 Å². The first-order valence-electron chi connectivity index (χ1n) is 7.16. The molecule has 1 heterocycles. The van der Waals surface area contributed by atoms with Crippen molar-refractivity contribution in [3.63, 3.8) is 0 Å². The van der Waals surface area contributed by atoms with Crippen LogP contribution in [0.1, 0.15) is 52.4 Å². The van der Waals surface area contributed by atoms with Gasteiger partial charge in [0.1, 0.15) is 5.71 Å². The number of carbonyl (C=O) groups excluding carboxylic acids is 2. The molecule has 1 saturated carbocycles. The van der Waals surface area contributed by atoms with Crippen molar-refractivity contribution in [3.05, 3.63) is 0 Å². The minimum absolute atomic E-state index is 0.172. The molecule has 0 radical (unpaired) electrons. The fraction of sp³-hybridized carbons (Fsp3) is 0.786. The fourth-order valence-electron chi connectivity index (χ4n) is 2.55. The third kappa shape index (κ3) is 3.79. The second kappa shape index (κ2) is 5.52. The van der Waals surface area contributed by atoms with Crippen LogP contribution in [0.2, 0.25) is 0 Å². The molecule has 1 fully saturated rings. The lowest BCUT2D eigenvalue weighted by Gasteiger charge is -2.40. The van der Waals surface area contributed by atoms with E-state index >= 15 is 0 Å². The third-order valence-corrected chi connectivity index (χ3v) is 4.28. The third-order valence-electron chi connectivity index (χ3n) is 4.28. The Hall–Kier alpha value is -1.43. The molecule has 2 aliphatic rings. The molecule has 1 aliphatic heterocycles. The van der Waals surface area contributed by atoms with Crippen LogP contribution in [0.15, 0.2) is 5.10 Å². The normalized spacial score (nSPS) is 24.6. The summed E-state index contributed by atoms with van der Waals surface area (Å²) >= 11 is 0. The SMILES string of the molecule is CC1(C)CCC(O)(CNC(=O)C2=NNC(=O)CC2)CC1. The van der Waals surface area contributed by atoms with Crippen LogP contribution in [0.5, 0.6) is 0 Å². The van der Waals surface area contributed by atoms with Gasteiger partial charge in [-0.2, -0.15) is 5.10 Å². The van der Waals surface area contributed by atoms with Crippen molar-refractivity contribution in [2.45, 2.75) is 58.0 Å². The molecule has 0 aromatic carbocycles. The van der Waals surface area contributed by atoms with Gasteiger partial charge in [-0.1, -0.05) is 13.8 Å². The average Bonchev–Trinajstić information content (AvgIpc) is 2.41. The number of amides is 2. The Morgan fingerprint density at radius 2 is 1.95 bits per heavy atom. The van der Waals surface area contributed by atoms with Crippen molar-refractivity contribution < 1.29 is 14.7 Å². The van der Waals surface area contributed by atoms with Crippen molar-refractivity contribution >= 4 is 17.5 Å². The van der Waals surface area contributed by atoms with Gasteiger partial charge in [0.05, 0.1) is 5.60 Å². The Morgan fingerprint density at radius 3 is 2.50 bits per heavy atom. The second-order valence-electron chi connectivity index (χ2n) is 6.66. The van der Waals surface area contributed by atoms with Crippen LogP contribution in [-0.4, -0.2) is 34.8 Å². The summed E-state index contributed by atoms with van der Waals surface area (Å²) in [7, 11) is 0. The quantitative estimate of drug-likeness (QED) is 0.711. The average molecular weight is 281 g/mol. The first kappa shape index (κ1) is 15.0. The summed E-state index contributed by atoms with van der Waals surface area (Å²) in [6, 6.07) is 0. The summed E-state index contributed by atoms with van der Waals surface area (Å²) in [4.78, 5) is 22.9. The molecule has 0 saturated heterocycles. The maximum atomic E-state index is 11.9. The molecular weight excluding hydrogens is 258 g/mol. The molecular formula is C14H23N3O3. The van der Waals surface area contributed by atoms with Gasteiger partial charge in [-0.05, 0) is 31.1 Å². The highest BCUT2D eigenvalue weighted by Crippen LogP contribution is 2.39. The molecule has 6 nitrogen and oxygen atoms in total. The highest BCUT2D eigenvalue weighted by atomic mass is 16.3. The van der Waals surface area contributed by atoms with E-state index < -0.39 is 5.60 Å². The van der Waals surface area contributed by atoms with Gasteiger partial charge in [-0.3, -0.25) is 9.59 Å². The lowest BCUT2D eigenvalue weighted by molar-refractivity contribution is -0.121. The maximum absolute atomic E-state index is 11.9. The number of carbonyl (C=O) groups is 2. The second-order valence-corrected chi connectivity index (χ2v) is 6.66. The number of hydrogen-bond donors (Lipinski definition) is 3. The van der Waals surface area contributed by atoms with Crippen molar-refractivity contribution in [2.75, 3.05) is 6.54 Å². The Balaban J connectivity index is 1.83. The number of rotatable bonds is 3. The molecule has 0 unspecified atom stereocenters. The van der Waals surface area contributed by atoms with E-state index in [1.165, 1.54) is 0 Å².